The quantitative estimate of drug-likeness (QED) is 0.173. The average Bonchev–Trinajstić information content (AvgIpc) is 3.82. The van der Waals surface area contributed by atoms with Crippen LogP contribution >= 0.6 is 0 Å². The number of hydrogen-bond donors (Lipinski definition) is 0. The van der Waals surface area contributed by atoms with E-state index in [9.17, 15) is 0 Å². The second kappa shape index (κ2) is 10.2. The van der Waals surface area contributed by atoms with Crippen LogP contribution < -0.4 is 0 Å². The Bertz CT molecular complexity index is 3070. The summed E-state index contributed by atoms with van der Waals surface area (Å²) in [5, 5.41) is 8.61. The molecule has 4 nitrogen and oxygen atoms in total. The number of benzene rings is 7. The molecule has 0 bridgehead atoms. The molecule has 0 aliphatic rings. The van der Waals surface area contributed by atoms with E-state index in [1.165, 1.54) is 57.4 Å². The first-order valence-electron chi connectivity index (χ1n) is 16.5. The molecule has 0 N–H and O–H groups in total. The first-order chi connectivity index (χ1) is 24.3. The summed E-state index contributed by atoms with van der Waals surface area (Å²) < 4.78 is 7.46. The minimum absolute atomic E-state index is 0.199. The van der Waals surface area contributed by atoms with Crippen molar-refractivity contribution in [2.45, 2.75) is 0 Å². The topological polar surface area (TPSA) is 35.6 Å². The number of nitrogens with zero attached hydrogens (tertiary/aromatic N) is 4. The van der Waals surface area contributed by atoms with Gasteiger partial charge in [-0.1, -0.05) is 36.4 Å². The zero-order valence-electron chi connectivity index (χ0n) is 26.2. The van der Waals surface area contributed by atoms with Gasteiger partial charge in [0.1, 0.15) is 0 Å². The van der Waals surface area contributed by atoms with Gasteiger partial charge in [0.2, 0.25) is 0 Å². The van der Waals surface area contributed by atoms with E-state index in [4.69, 9.17) is 9.97 Å². The Morgan fingerprint density at radius 3 is 1.73 bits per heavy atom. The third-order valence-electron chi connectivity index (χ3n) is 9.95. The van der Waals surface area contributed by atoms with Gasteiger partial charge < -0.3 is 0 Å². The molecule has 0 radical (unpaired) electrons. The molecule has 0 saturated heterocycles. The van der Waals surface area contributed by atoms with Crippen LogP contribution in [0, 0.1) is 0 Å². The Balaban J connectivity index is 1.19. The van der Waals surface area contributed by atoms with Crippen molar-refractivity contribution in [2.75, 3.05) is 0 Å². The number of fused-ring (bicyclic) bond motifs is 10. The molecule has 0 amide bonds. The maximum absolute atomic E-state index is 5.46. The van der Waals surface area contributed by atoms with Gasteiger partial charge in [0.15, 0.2) is 0 Å². The number of hydrogen-bond acceptors (Lipinski definition) is 2. The van der Waals surface area contributed by atoms with Gasteiger partial charge in [-0.05, 0) is 12.1 Å². The monoisotopic (exact) mass is 690 g/mol. The van der Waals surface area contributed by atoms with Crippen molar-refractivity contribution in [1.82, 2.24) is 19.1 Å². The molecule has 0 aliphatic heterocycles. The molecule has 49 heavy (non-hydrogen) atoms. The zero-order valence-corrected chi connectivity index (χ0v) is 27.9. The Hall–Kier alpha value is -6.00. The molecule has 0 spiro atoms. The van der Waals surface area contributed by atoms with E-state index in [0.717, 1.165) is 33.3 Å². The van der Waals surface area contributed by atoms with Crippen molar-refractivity contribution in [3.63, 3.8) is 0 Å². The summed E-state index contributed by atoms with van der Waals surface area (Å²) in [4.78, 5) is 10.7. The zero-order chi connectivity index (χ0) is 32.1. The predicted octanol–water partition coefficient (Wildman–Crippen LogP) is 10.9. The Morgan fingerprint density at radius 1 is 0.408 bits per heavy atom. The van der Waals surface area contributed by atoms with E-state index >= 15 is 0 Å². The van der Waals surface area contributed by atoms with Gasteiger partial charge >= 0.3 is 229 Å². The normalized spacial score (nSPS) is 12.1. The molecule has 0 unspecified atom stereocenters. The summed E-state index contributed by atoms with van der Waals surface area (Å²) in [6.07, 6.45) is 0. The Kier molecular flexibility index (Phi) is 5.65. The summed E-state index contributed by atoms with van der Waals surface area (Å²) in [5.41, 5.74) is 8.84. The summed E-state index contributed by atoms with van der Waals surface area (Å²) in [6, 6.07) is 56.8. The molecular formula is C44H26N4Se. The van der Waals surface area contributed by atoms with Crippen LogP contribution in [-0.4, -0.2) is 33.6 Å². The molecule has 228 valence electrons. The minimum atomic E-state index is 0.199. The summed E-state index contributed by atoms with van der Waals surface area (Å²) in [5.74, 6) is 0.685. The van der Waals surface area contributed by atoms with Crippen molar-refractivity contribution in [3.8, 4) is 22.9 Å². The second-order valence-electron chi connectivity index (χ2n) is 12.6. The second-order valence-corrected chi connectivity index (χ2v) is 14.8. The van der Waals surface area contributed by atoms with Crippen molar-refractivity contribution in [1.29, 1.82) is 0 Å². The third-order valence-corrected chi connectivity index (χ3v) is 12.5. The Morgan fingerprint density at radius 2 is 0.980 bits per heavy atom. The van der Waals surface area contributed by atoms with Gasteiger partial charge in [0.25, 0.3) is 0 Å². The maximum atomic E-state index is 5.46. The third kappa shape index (κ3) is 3.86. The molecule has 0 atom stereocenters. The van der Waals surface area contributed by atoms with E-state index in [2.05, 4.69) is 167 Å². The molecule has 7 aromatic carbocycles. The molecule has 0 saturated carbocycles. The van der Waals surface area contributed by atoms with Gasteiger partial charge in [0.05, 0.1) is 0 Å². The SMILES string of the molecule is c1ccc2c(-c3cccc4c3[se]c3ccccc34)nc(-n3c4ccccc4c4cc(-n5c6ccccc6c6ccccc65)ccc43)nc2c1. The van der Waals surface area contributed by atoms with E-state index in [0.29, 0.717) is 5.95 Å². The predicted molar refractivity (Wildman–Crippen MR) is 206 cm³/mol. The van der Waals surface area contributed by atoms with E-state index in [1.54, 1.807) is 0 Å². The van der Waals surface area contributed by atoms with Gasteiger partial charge in [0, 0.05) is 10.8 Å². The first-order valence-corrected chi connectivity index (χ1v) is 18.2. The van der Waals surface area contributed by atoms with Crippen molar-refractivity contribution in [2.24, 2.45) is 0 Å². The van der Waals surface area contributed by atoms with Crippen LogP contribution in [0.5, 0.6) is 0 Å². The van der Waals surface area contributed by atoms with Crippen LogP contribution in [0.3, 0.4) is 0 Å². The fraction of sp³-hybridized carbons (Fsp3) is 0. The molecule has 0 fully saturated rings. The fourth-order valence-electron chi connectivity index (χ4n) is 7.82. The van der Waals surface area contributed by atoms with Crippen LogP contribution in [-0.2, 0) is 0 Å². The van der Waals surface area contributed by atoms with Crippen molar-refractivity contribution < 1.29 is 0 Å². The van der Waals surface area contributed by atoms with Crippen LogP contribution in [0.15, 0.2) is 158 Å². The van der Waals surface area contributed by atoms with Crippen LogP contribution in [0.2, 0.25) is 0 Å². The fourth-order valence-corrected chi connectivity index (χ4v) is 10.4. The molecule has 0 aliphatic carbocycles. The number of rotatable bonds is 3. The van der Waals surface area contributed by atoms with E-state index in [1.807, 2.05) is 0 Å². The van der Waals surface area contributed by atoms with Crippen LogP contribution in [0.1, 0.15) is 0 Å². The molecule has 4 aromatic heterocycles. The van der Waals surface area contributed by atoms with Gasteiger partial charge in [-0.15, -0.1) is 0 Å². The number of para-hydroxylation sites is 4. The molecular weight excluding hydrogens is 663 g/mol. The summed E-state index contributed by atoms with van der Waals surface area (Å²) in [7, 11) is 0. The van der Waals surface area contributed by atoms with Crippen molar-refractivity contribution >= 4 is 88.3 Å². The first kappa shape index (κ1) is 27.0. The molecule has 11 rings (SSSR count). The number of aromatic nitrogens is 4. The Labute approximate surface area is 286 Å². The average molecular weight is 690 g/mol. The molecule has 11 aromatic rings. The standard InChI is InChI=1S/C44H26N4Se/c1-6-19-36-33(16-1)42(34-18-11-17-32-31-15-5-10-23-41(31)49-43(32)34)46-44(45-36)48-39-22-9-4-14-30(39)35-26-27(24-25-40(35)48)47-37-20-7-2-12-28(37)29-13-3-8-21-38(29)47/h1-26H. The van der Waals surface area contributed by atoms with E-state index in [-0.39, 0.29) is 14.5 Å². The van der Waals surface area contributed by atoms with Gasteiger partial charge in [-0.3, -0.25) is 0 Å². The summed E-state index contributed by atoms with van der Waals surface area (Å²) >= 11 is 0.199. The van der Waals surface area contributed by atoms with E-state index < -0.39 is 0 Å². The van der Waals surface area contributed by atoms with Gasteiger partial charge in [-0.25, -0.2) is 0 Å². The van der Waals surface area contributed by atoms with Crippen LogP contribution in [0.25, 0.3) is 96.7 Å². The molecule has 5 heteroatoms. The van der Waals surface area contributed by atoms with Gasteiger partial charge in [-0.2, -0.15) is 0 Å². The summed E-state index contributed by atoms with van der Waals surface area (Å²) in [6.45, 7) is 0. The van der Waals surface area contributed by atoms with Crippen LogP contribution in [0.4, 0.5) is 0 Å². The van der Waals surface area contributed by atoms with Crippen molar-refractivity contribution in [3.05, 3.63) is 158 Å². The molecule has 4 heterocycles.